The van der Waals surface area contributed by atoms with Crippen molar-refractivity contribution in [1.29, 1.82) is 0 Å². The topological polar surface area (TPSA) is 117 Å². The number of nitrogens with zero attached hydrogens (tertiary/aromatic N) is 5. The number of hydrogen-bond acceptors (Lipinski definition) is 7. The summed E-state index contributed by atoms with van der Waals surface area (Å²) in [4.78, 5) is 12.4. The summed E-state index contributed by atoms with van der Waals surface area (Å²) in [7, 11) is 1.41. The van der Waals surface area contributed by atoms with Gasteiger partial charge < -0.3 is 9.84 Å². The van der Waals surface area contributed by atoms with Crippen LogP contribution < -0.4 is 9.75 Å². The van der Waals surface area contributed by atoms with Crippen LogP contribution in [0.5, 0.6) is 11.5 Å². The minimum absolute atomic E-state index is 0.0547. The van der Waals surface area contributed by atoms with Crippen LogP contribution in [-0.2, 0) is 4.79 Å². The number of amides is 1. The van der Waals surface area contributed by atoms with Gasteiger partial charge in [-0.05, 0) is 35.9 Å². The Labute approximate surface area is 135 Å². The van der Waals surface area contributed by atoms with E-state index in [0.717, 1.165) is 5.01 Å². The van der Waals surface area contributed by atoms with Crippen LogP contribution in [0.2, 0.25) is 5.02 Å². The lowest BCUT2D eigenvalue weighted by atomic mass is 10.1. The molecule has 1 amide bonds. The van der Waals surface area contributed by atoms with Gasteiger partial charge in [0.1, 0.15) is 0 Å². The smallest absolute Gasteiger partial charge is 0.293 e. The number of aromatic nitrogens is 4. The van der Waals surface area contributed by atoms with Gasteiger partial charge in [0.25, 0.3) is 11.9 Å². The first-order valence-corrected chi connectivity index (χ1v) is 6.80. The van der Waals surface area contributed by atoms with Gasteiger partial charge in [-0.3, -0.25) is 4.79 Å². The molecule has 1 aromatic heterocycles. The normalized spacial score (nSPS) is 16.1. The van der Waals surface area contributed by atoms with Gasteiger partial charge in [0, 0.05) is 0 Å². The van der Waals surface area contributed by atoms with E-state index in [-0.39, 0.29) is 22.5 Å². The molecule has 1 aliphatic heterocycles. The lowest BCUT2D eigenvalue weighted by Gasteiger charge is -2.07. The van der Waals surface area contributed by atoms with Crippen molar-refractivity contribution < 1.29 is 14.6 Å². The minimum Gasteiger partial charge on any atom is -0.503 e. The fraction of sp³-hybridized carbons (Fsp3) is 0.154. The zero-order chi connectivity index (χ0) is 16.6. The number of anilines is 1. The number of carbonyl (C=O) groups excluding carboxylic acids is 1. The third-order valence-corrected chi connectivity index (χ3v) is 3.46. The highest BCUT2D eigenvalue weighted by Crippen LogP contribution is 2.36. The Hall–Kier alpha value is -2.94. The molecule has 0 fully saturated rings. The molecule has 9 nitrogen and oxygen atoms in total. The van der Waals surface area contributed by atoms with E-state index in [1.807, 2.05) is 0 Å². The van der Waals surface area contributed by atoms with Crippen molar-refractivity contribution in [3.05, 3.63) is 28.3 Å². The van der Waals surface area contributed by atoms with Crippen LogP contribution in [-0.4, -0.2) is 44.5 Å². The van der Waals surface area contributed by atoms with E-state index >= 15 is 0 Å². The summed E-state index contributed by atoms with van der Waals surface area (Å²) in [5.41, 5.74) is 1.42. The first-order chi connectivity index (χ1) is 11.0. The molecule has 0 bridgehead atoms. The van der Waals surface area contributed by atoms with Crippen LogP contribution >= 0.6 is 11.6 Å². The molecule has 1 aromatic carbocycles. The van der Waals surface area contributed by atoms with Gasteiger partial charge >= 0.3 is 0 Å². The molecular weight excluding hydrogens is 324 g/mol. The number of hydrogen-bond donors (Lipinski definition) is 2. The standard InChI is InChI=1S/C13H11ClN6O3/c1-6-8(12(22)20(17-6)13-15-18-19-16-13)3-7-4-9(14)11(21)10(5-7)23-2/h3-5,21H,1-2H3,(H,15,16,18,19). The van der Waals surface area contributed by atoms with Crippen molar-refractivity contribution in [2.45, 2.75) is 6.92 Å². The van der Waals surface area contributed by atoms with Crippen LogP contribution in [0.15, 0.2) is 22.8 Å². The van der Waals surface area contributed by atoms with Crippen LogP contribution in [0, 0.1) is 0 Å². The summed E-state index contributed by atoms with van der Waals surface area (Å²) >= 11 is 5.95. The second-order valence-corrected chi connectivity index (χ2v) is 5.03. The molecule has 2 N–H and O–H groups in total. The lowest BCUT2D eigenvalue weighted by Crippen LogP contribution is -2.22. The van der Waals surface area contributed by atoms with Crippen molar-refractivity contribution in [2.75, 3.05) is 12.1 Å². The first kappa shape index (κ1) is 15.0. The van der Waals surface area contributed by atoms with Crippen LogP contribution in [0.25, 0.3) is 6.08 Å². The maximum atomic E-state index is 12.4. The molecule has 118 valence electrons. The Kier molecular flexibility index (Phi) is 3.70. The van der Waals surface area contributed by atoms with Crippen molar-refractivity contribution in [1.82, 2.24) is 20.6 Å². The Balaban J connectivity index is 1.99. The maximum Gasteiger partial charge on any atom is 0.293 e. The van der Waals surface area contributed by atoms with Crippen molar-refractivity contribution in [3.63, 3.8) is 0 Å². The summed E-state index contributed by atoms with van der Waals surface area (Å²) in [6.45, 7) is 1.68. The molecule has 0 aliphatic carbocycles. The zero-order valence-electron chi connectivity index (χ0n) is 12.1. The number of aromatic amines is 1. The Morgan fingerprint density at radius 2 is 2.22 bits per heavy atom. The van der Waals surface area contributed by atoms with E-state index in [2.05, 4.69) is 25.7 Å². The summed E-state index contributed by atoms with van der Waals surface area (Å²) in [5, 5.41) is 28.1. The Bertz CT molecular complexity index is 830. The molecule has 2 heterocycles. The first-order valence-electron chi connectivity index (χ1n) is 6.43. The monoisotopic (exact) mass is 334 g/mol. The predicted octanol–water partition coefficient (Wildman–Crippen LogP) is 1.37. The van der Waals surface area contributed by atoms with Gasteiger partial charge in [-0.2, -0.15) is 15.3 Å². The molecule has 0 saturated carbocycles. The number of methoxy groups -OCH3 is 1. The SMILES string of the molecule is COc1cc(C=C2C(=O)N(c3nn[nH]n3)N=C2C)cc(Cl)c1O. The van der Waals surface area contributed by atoms with Gasteiger partial charge in [0.15, 0.2) is 11.5 Å². The summed E-state index contributed by atoms with van der Waals surface area (Å²) in [6, 6.07) is 3.08. The second kappa shape index (κ2) is 5.69. The molecule has 0 unspecified atom stereocenters. The third kappa shape index (κ3) is 2.61. The van der Waals surface area contributed by atoms with Crippen molar-refractivity contribution >= 4 is 35.2 Å². The molecular formula is C13H11ClN6O3. The fourth-order valence-corrected chi connectivity index (χ4v) is 2.28. The van der Waals surface area contributed by atoms with Gasteiger partial charge in [0.2, 0.25) is 0 Å². The number of aromatic hydroxyl groups is 1. The molecule has 23 heavy (non-hydrogen) atoms. The van der Waals surface area contributed by atoms with Gasteiger partial charge in [0.05, 0.1) is 23.4 Å². The number of ether oxygens (including phenoxy) is 1. The van der Waals surface area contributed by atoms with E-state index in [0.29, 0.717) is 16.8 Å². The van der Waals surface area contributed by atoms with Crippen molar-refractivity contribution in [3.8, 4) is 11.5 Å². The lowest BCUT2D eigenvalue weighted by molar-refractivity contribution is -0.114. The van der Waals surface area contributed by atoms with E-state index in [1.54, 1.807) is 19.1 Å². The Morgan fingerprint density at radius 3 is 2.87 bits per heavy atom. The number of phenolic OH excluding ortho intramolecular Hbond substituents is 1. The average molecular weight is 335 g/mol. The number of phenols is 1. The fourth-order valence-electron chi connectivity index (χ4n) is 2.07. The molecule has 3 rings (SSSR count). The molecule has 0 spiro atoms. The highest BCUT2D eigenvalue weighted by molar-refractivity contribution is 6.33. The van der Waals surface area contributed by atoms with E-state index in [4.69, 9.17) is 16.3 Å². The van der Waals surface area contributed by atoms with Crippen LogP contribution in [0.4, 0.5) is 5.95 Å². The van der Waals surface area contributed by atoms with Gasteiger partial charge in [-0.15, -0.1) is 5.10 Å². The van der Waals surface area contributed by atoms with E-state index in [1.165, 1.54) is 13.2 Å². The van der Waals surface area contributed by atoms with E-state index in [9.17, 15) is 9.90 Å². The average Bonchev–Trinajstić information content (AvgIpc) is 3.14. The molecule has 10 heteroatoms. The maximum absolute atomic E-state index is 12.4. The quantitative estimate of drug-likeness (QED) is 0.819. The predicted molar refractivity (Wildman–Crippen MR) is 82.4 cm³/mol. The Morgan fingerprint density at radius 1 is 1.43 bits per heavy atom. The number of hydrazone groups is 1. The number of nitrogens with one attached hydrogen (secondary N) is 1. The number of benzene rings is 1. The van der Waals surface area contributed by atoms with Crippen LogP contribution in [0.1, 0.15) is 12.5 Å². The largest absolute Gasteiger partial charge is 0.503 e. The number of tetrazole rings is 1. The molecule has 1 aliphatic rings. The van der Waals surface area contributed by atoms with E-state index < -0.39 is 5.91 Å². The summed E-state index contributed by atoms with van der Waals surface area (Å²) < 4.78 is 5.04. The molecule has 0 atom stereocenters. The van der Waals surface area contributed by atoms with Gasteiger partial charge in [-0.1, -0.05) is 16.7 Å². The molecule has 2 aromatic rings. The second-order valence-electron chi connectivity index (χ2n) is 4.63. The summed E-state index contributed by atoms with van der Waals surface area (Å²) in [5.74, 6) is -0.293. The highest BCUT2D eigenvalue weighted by atomic mass is 35.5. The number of carbonyl (C=O) groups is 1. The molecule has 0 saturated heterocycles. The molecule has 0 radical (unpaired) electrons. The van der Waals surface area contributed by atoms with Crippen LogP contribution in [0.3, 0.4) is 0 Å². The van der Waals surface area contributed by atoms with Crippen molar-refractivity contribution in [2.24, 2.45) is 5.10 Å². The van der Waals surface area contributed by atoms with Gasteiger partial charge in [-0.25, -0.2) is 0 Å². The zero-order valence-corrected chi connectivity index (χ0v) is 12.9. The number of rotatable bonds is 3. The summed E-state index contributed by atoms with van der Waals surface area (Å²) in [6.07, 6.45) is 1.59. The minimum atomic E-state index is -0.396. The number of H-pyrrole nitrogens is 1. The third-order valence-electron chi connectivity index (χ3n) is 3.17. The highest BCUT2D eigenvalue weighted by Gasteiger charge is 2.31. The number of halogens is 1.